The Kier molecular flexibility index (Phi) is 7.04. The van der Waals surface area contributed by atoms with E-state index in [4.69, 9.17) is 0 Å². The molecule has 2 heterocycles. The molecule has 1 aliphatic rings. The standard InChI is InChI=1S/C26H28N4O2/c1-20(30-17-15-29(16-18-30)19-22-11-7-8-14-27-22)26(32)28-24-13-6-5-12-23(24)25(31)21-9-3-2-4-10-21/h2-14,20H,15-19H2,1H3,(H,28,32). The molecule has 6 heteroatoms. The highest BCUT2D eigenvalue weighted by Crippen LogP contribution is 2.20. The number of ketones is 1. The molecule has 1 aromatic heterocycles. The Labute approximate surface area is 188 Å². The number of aromatic nitrogens is 1. The van der Waals surface area contributed by atoms with Crippen molar-refractivity contribution in [1.29, 1.82) is 0 Å². The second kappa shape index (κ2) is 10.3. The fraction of sp³-hybridized carbons (Fsp3) is 0.269. The Morgan fingerprint density at radius 3 is 2.31 bits per heavy atom. The van der Waals surface area contributed by atoms with Crippen molar-refractivity contribution < 1.29 is 9.59 Å². The number of nitrogens with one attached hydrogen (secondary N) is 1. The van der Waals surface area contributed by atoms with Crippen LogP contribution in [0.25, 0.3) is 0 Å². The summed E-state index contributed by atoms with van der Waals surface area (Å²) < 4.78 is 0. The molecule has 0 bridgehead atoms. The van der Waals surface area contributed by atoms with Crippen LogP contribution in [0.3, 0.4) is 0 Å². The SMILES string of the molecule is CC(C(=O)Nc1ccccc1C(=O)c1ccccc1)N1CCN(Cc2ccccn2)CC1. The zero-order valence-corrected chi connectivity index (χ0v) is 18.3. The van der Waals surface area contributed by atoms with Crippen LogP contribution in [0.15, 0.2) is 79.0 Å². The number of nitrogens with zero attached hydrogens (tertiary/aromatic N) is 3. The third-order valence-corrected chi connectivity index (χ3v) is 5.91. The number of rotatable bonds is 7. The van der Waals surface area contributed by atoms with E-state index in [9.17, 15) is 9.59 Å². The predicted molar refractivity (Wildman–Crippen MR) is 125 cm³/mol. The van der Waals surface area contributed by atoms with Gasteiger partial charge in [-0.15, -0.1) is 0 Å². The molecule has 1 aliphatic heterocycles. The van der Waals surface area contributed by atoms with E-state index in [1.807, 2.05) is 61.7 Å². The van der Waals surface area contributed by atoms with Crippen molar-refractivity contribution in [3.8, 4) is 0 Å². The maximum atomic E-state index is 13.0. The van der Waals surface area contributed by atoms with Gasteiger partial charge in [-0.05, 0) is 31.2 Å². The summed E-state index contributed by atoms with van der Waals surface area (Å²) in [5.74, 6) is -0.200. The maximum absolute atomic E-state index is 13.0. The molecular weight excluding hydrogens is 400 g/mol. The van der Waals surface area contributed by atoms with E-state index in [1.54, 1.807) is 24.3 Å². The Morgan fingerprint density at radius 2 is 1.59 bits per heavy atom. The monoisotopic (exact) mass is 428 g/mol. The van der Waals surface area contributed by atoms with Crippen LogP contribution in [-0.2, 0) is 11.3 Å². The average molecular weight is 429 g/mol. The second-order valence-electron chi connectivity index (χ2n) is 8.04. The summed E-state index contributed by atoms with van der Waals surface area (Å²) in [6.07, 6.45) is 1.82. The van der Waals surface area contributed by atoms with Crippen molar-refractivity contribution in [2.24, 2.45) is 0 Å². The van der Waals surface area contributed by atoms with Gasteiger partial charge in [0.05, 0.1) is 17.4 Å². The summed E-state index contributed by atoms with van der Waals surface area (Å²) in [6.45, 7) is 6.14. The van der Waals surface area contributed by atoms with E-state index >= 15 is 0 Å². The van der Waals surface area contributed by atoms with Gasteiger partial charge in [0.1, 0.15) is 0 Å². The van der Waals surface area contributed by atoms with Gasteiger partial charge < -0.3 is 5.32 Å². The first-order valence-corrected chi connectivity index (χ1v) is 11.0. The Hall–Kier alpha value is -3.35. The van der Waals surface area contributed by atoms with E-state index in [0.717, 1.165) is 38.4 Å². The Morgan fingerprint density at radius 1 is 0.906 bits per heavy atom. The van der Waals surface area contributed by atoms with Crippen molar-refractivity contribution in [1.82, 2.24) is 14.8 Å². The minimum absolute atomic E-state index is 0.0997. The van der Waals surface area contributed by atoms with E-state index in [-0.39, 0.29) is 17.7 Å². The van der Waals surface area contributed by atoms with Gasteiger partial charge in [0.15, 0.2) is 5.78 Å². The van der Waals surface area contributed by atoms with Gasteiger partial charge in [-0.2, -0.15) is 0 Å². The topological polar surface area (TPSA) is 65.5 Å². The summed E-state index contributed by atoms with van der Waals surface area (Å²) in [5.41, 5.74) is 2.71. The number of hydrogen-bond acceptors (Lipinski definition) is 5. The Bertz CT molecular complexity index is 1050. The van der Waals surface area contributed by atoms with Crippen LogP contribution in [0.1, 0.15) is 28.5 Å². The molecule has 1 fully saturated rings. The molecule has 1 N–H and O–H groups in total. The molecule has 1 amide bonds. The highest BCUT2D eigenvalue weighted by molar-refractivity contribution is 6.14. The van der Waals surface area contributed by atoms with Gasteiger partial charge in [-0.25, -0.2) is 0 Å². The van der Waals surface area contributed by atoms with Gasteiger partial charge in [0, 0.05) is 50.0 Å². The fourth-order valence-electron chi connectivity index (χ4n) is 3.97. The molecule has 0 aliphatic carbocycles. The smallest absolute Gasteiger partial charge is 0.241 e. The van der Waals surface area contributed by atoms with E-state index in [2.05, 4.69) is 20.1 Å². The van der Waals surface area contributed by atoms with Crippen molar-refractivity contribution in [3.05, 3.63) is 95.8 Å². The summed E-state index contributed by atoms with van der Waals surface area (Å²) >= 11 is 0. The number of amides is 1. The third kappa shape index (κ3) is 5.28. The lowest BCUT2D eigenvalue weighted by Gasteiger charge is -2.37. The minimum Gasteiger partial charge on any atom is -0.324 e. The number of pyridine rings is 1. The zero-order chi connectivity index (χ0) is 22.3. The van der Waals surface area contributed by atoms with Gasteiger partial charge >= 0.3 is 0 Å². The largest absolute Gasteiger partial charge is 0.324 e. The van der Waals surface area contributed by atoms with Crippen molar-refractivity contribution >= 4 is 17.4 Å². The number of hydrogen-bond donors (Lipinski definition) is 1. The fourth-order valence-corrected chi connectivity index (χ4v) is 3.97. The molecule has 0 radical (unpaired) electrons. The molecule has 1 atom stereocenters. The second-order valence-corrected chi connectivity index (χ2v) is 8.04. The summed E-state index contributed by atoms with van der Waals surface area (Å²) in [6, 6.07) is 22.0. The van der Waals surface area contributed by atoms with Crippen molar-refractivity contribution in [3.63, 3.8) is 0 Å². The lowest BCUT2D eigenvalue weighted by atomic mass is 10.0. The zero-order valence-electron chi connectivity index (χ0n) is 18.3. The highest BCUT2D eigenvalue weighted by Gasteiger charge is 2.26. The van der Waals surface area contributed by atoms with Crippen molar-refractivity contribution in [2.45, 2.75) is 19.5 Å². The summed E-state index contributed by atoms with van der Waals surface area (Å²) in [7, 11) is 0. The van der Waals surface area contributed by atoms with Crippen LogP contribution < -0.4 is 5.32 Å². The first-order chi connectivity index (χ1) is 15.6. The molecule has 0 spiro atoms. The van der Waals surface area contributed by atoms with Gasteiger partial charge in [0.25, 0.3) is 0 Å². The molecule has 6 nitrogen and oxygen atoms in total. The lowest BCUT2D eigenvalue weighted by molar-refractivity contribution is -0.121. The normalized spacial score (nSPS) is 15.8. The van der Waals surface area contributed by atoms with Crippen LogP contribution in [-0.4, -0.2) is 58.7 Å². The third-order valence-electron chi connectivity index (χ3n) is 5.91. The highest BCUT2D eigenvalue weighted by atomic mass is 16.2. The van der Waals surface area contributed by atoms with Crippen LogP contribution in [0, 0.1) is 0 Å². The quantitative estimate of drug-likeness (QED) is 0.584. The number of piperazine rings is 1. The van der Waals surface area contributed by atoms with E-state index in [1.165, 1.54) is 0 Å². The summed E-state index contributed by atoms with van der Waals surface area (Å²) in [4.78, 5) is 34.9. The first kappa shape index (κ1) is 21.9. The molecular formula is C26H28N4O2. The van der Waals surface area contributed by atoms with Gasteiger partial charge in [-0.1, -0.05) is 48.5 Å². The van der Waals surface area contributed by atoms with Crippen LogP contribution in [0.5, 0.6) is 0 Å². The van der Waals surface area contributed by atoms with Gasteiger partial charge in [0.2, 0.25) is 5.91 Å². The molecule has 3 aromatic rings. The number of benzene rings is 2. The molecule has 4 rings (SSSR count). The number of carbonyl (C=O) groups excluding carboxylic acids is 2. The van der Waals surface area contributed by atoms with E-state index in [0.29, 0.717) is 16.8 Å². The minimum atomic E-state index is -0.285. The van der Waals surface area contributed by atoms with Gasteiger partial charge in [-0.3, -0.25) is 24.4 Å². The molecule has 1 unspecified atom stereocenters. The molecule has 164 valence electrons. The molecule has 0 saturated carbocycles. The Balaban J connectivity index is 1.36. The van der Waals surface area contributed by atoms with Crippen molar-refractivity contribution in [2.75, 3.05) is 31.5 Å². The number of para-hydroxylation sites is 1. The van der Waals surface area contributed by atoms with Crippen LogP contribution in [0.2, 0.25) is 0 Å². The summed E-state index contributed by atoms with van der Waals surface area (Å²) in [5, 5.41) is 2.98. The molecule has 32 heavy (non-hydrogen) atoms. The average Bonchev–Trinajstić information content (AvgIpc) is 2.85. The predicted octanol–water partition coefficient (Wildman–Crippen LogP) is 3.46. The number of anilines is 1. The van der Waals surface area contributed by atoms with Crippen LogP contribution in [0.4, 0.5) is 5.69 Å². The molecule has 1 saturated heterocycles. The first-order valence-electron chi connectivity index (χ1n) is 11.0. The molecule has 2 aromatic carbocycles. The van der Waals surface area contributed by atoms with Crippen LogP contribution >= 0.6 is 0 Å². The lowest BCUT2D eigenvalue weighted by Crippen LogP contribution is -2.52. The number of carbonyl (C=O) groups is 2. The maximum Gasteiger partial charge on any atom is 0.241 e. The van der Waals surface area contributed by atoms with E-state index < -0.39 is 0 Å².